The Morgan fingerprint density at radius 2 is 1.23 bits per heavy atom. The molecule has 7 nitrogen and oxygen atoms in total. The van der Waals surface area contributed by atoms with Gasteiger partial charge < -0.3 is 36.8 Å². The lowest BCUT2D eigenvalue weighted by molar-refractivity contribution is -0.677. The molecule has 56 heavy (non-hydrogen) atoms. The molecule has 1 N–H and O–H groups in total. The fourth-order valence-electron chi connectivity index (χ4n) is 6.55. The normalized spacial score (nSPS) is 14.0. The molecular weight excluding hydrogens is 747 g/mol. The first-order chi connectivity index (χ1) is 26.9. The van der Waals surface area contributed by atoms with Crippen LogP contribution in [0.5, 0.6) is 0 Å². The van der Waals surface area contributed by atoms with Crippen LogP contribution in [0.25, 0.3) is 33.6 Å². The molecule has 0 saturated heterocycles. The van der Waals surface area contributed by atoms with Crippen molar-refractivity contribution in [3.05, 3.63) is 161 Å². The SMILES string of the molecule is CCOC(=O)C1=C(COCC[n+]2c(-c3ccccc3)cc(-c3ccccc3)cc2-c2ccccc2)NC(C)=C(C(=O)OC)C1c1ccccc1Cl.F[B-](F)(F)F. The molecule has 4 aromatic carbocycles. The van der Waals surface area contributed by atoms with Gasteiger partial charge in [0.2, 0.25) is 11.4 Å². The van der Waals surface area contributed by atoms with Gasteiger partial charge in [-0.15, -0.1) is 0 Å². The molecule has 0 radical (unpaired) electrons. The second-order valence-corrected chi connectivity index (χ2v) is 12.9. The maximum atomic E-state index is 13.7. The summed E-state index contributed by atoms with van der Waals surface area (Å²) < 4.78 is 58.4. The molecule has 1 aliphatic rings. The van der Waals surface area contributed by atoms with Crippen LogP contribution >= 0.6 is 11.6 Å². The summed E-state index contributed by atoms with van der Waals surface area (Å²) >= 11 is 6.68. The lowest BCUT2D eigenvalue weighted by Gasteiger charge is -2.31. The first-order valence-corrected chi connectivity index (χ1v) is 18.2. The summed E-state index contributed by atoms with van der Waals surface area (Å²) in [7, 11) is -4.68. The summed E-state index contributed by atoms with van der Waals surface area (Å²) in [5.74, 6) is -1.95. The zero-order chi connectivity index (χ0) is 40.2. The van der Waals surface area contributed by atoms with Crippen molar-refractivity contribution in [1.29, 1.82) is 0 Å². The largest absolute Gasteiger partial charge is 0.673 e. The van der Waals surface area contributed by atoms with E-state index in [2.05, 4.69) is 70.5 Å². The minimum absolute atomic E-state index is 0.0604. The summed E-state index contributed by atoms with van der Waals surface area (Å²) in [5, 5.41) is 3.69. The van der Waals surface area contributed by atoms with Crippen molar-refractivity contribution in [3.63, 3.8) is 0 Å². The molecule has 0 aliphatic carbocycles. The van der Waals surface area contributed by atoms with Gasteiger partial charge in [-0.05, 0) is 60.9 Å². The van der Waals surface area contributed by atoms with Gasteiger partial charge in [-0.1, -0.05) is 96.5 Å². The molecule has 290 valence electrons. The van der Waals surface area contributed by atoms with Crippen LogP contribution in [0, 0.1) is 0 Å². The van der Waals surface area contributed by atoms with Crippen LogP contribution in [0.2, 0.25) is 5.02 Å². The number of pyridine rings is 1. The molecule has 0 spiro atoms. The highest BCUT2D eigenvalue weighted by atomic mass is 35.5. The van der Waals surface area contributed by atoms with Gasteiger partial charge in [-0.2, -0.15) is 4.57 Å². The number of halogens is 5. The highest BCUT2D eigenvalue weighted by Gasteiger charge is 2.39. The summed E-state index contributed by atoms with van der Waals surface area (Å²) in [6, 6.07) is 42.6. The molecule has 5 aromatic rings. The predicted octanol–water partition coefficient (Wildman–Crippen LogP) is 9.60. The molecular formula is C43H40BClF4N2O5. The smallest absolute Gasteiger partial charge is 0.466 e. The molecule has 2 heterocycles. The summed E-state index contributed by atoms with van der Waals surface area (Å²) in [4.78, 5) is 26.8. The van der Waals surface area contributed by atoms with Crippen LogP contribution in [0.15, 0.2) is 150 Å². The van der Waals surface area contributed by atoms with Crippen molar-refractivity contribution in [1.82, 2.24) is 5.32 Å². The third-order valence-corrected chi connectivity index (χ3v) is 9.22. The molecule has 1 unspecified atom stereocenters. The van der Waals surface area contributed by atoms with Gasteiger partial charge in [-0.3, -0.25) is 0 Å². The van der Waals surface area contributed by atoms with E-state index in [1.807, 2.05) is 48.5 Å². The number of nitrogens with zero attached hydrogens (tertiary/aromatic N) is 1. The number of esters is 2. The van der Waals surface area contributed by atoms with Crippen molar-refractivity contribution in [2.24, 2.45) is 0 Å². The molecule has 13 heteroatoms. The second kappa shape index (κ2) is 19.2. The topological polar surface area (TPSA) is 77.7 Å². The molecule has 6 rings (SSSR count). The monoisotopic (exact) mass is 786 g/mol. The molecule has 0 amide bonds. The number of hydrogen-bond acceptors (Lipinski definition) is 6. The van der Waals surface area contributed by atoms with Crippen molar-refractivity contribution in [3.8, 4) is 33.6 Å². The Kier molecular flexibility index (Phi) is 14.2. The Morgan fingerprint density at radius 1 is 0.732 bits per heavy atom. The molecule has 1 aromatic heterocycles. The van der Waals surface area contributed by atoms with Gasteiger partial charge in [0.15, 0.2) is 6.54 Å². The second-order valence-electron chi connectivity index (χ2n) is 12.5. The number of dihydropyridines is 1. The third kappa shape index (κ3) is 10.5. The Hall–Kier alpha value is -5.72. The molecule has 1 aliphatic heterocycles. The Labute approximate surface area is 328 Å². The number of carbonyl (C=O) groups excluding carboxylic acids is 2. The van der Waals surface area contributed by atoms with E-state index in [1.165, 1.54) is 7.11 Å². The summed E-state index contributed by atoms with van der Waals surface area (Å²) in [6.45, 7) is 4.57. The fourth-order valence-corrected chi connectivity index (χ4v) is 6.79. The van der Waals surface area contributed by atoms with E-state index in [-0.39, 0.29) is 24.4 Å². The van der Waals surface area contributed by atoms with Gasteiger partial charge in [0.05, 0.1) is 43.1 Å². The summed E-state index contributed by atoms with van der Waals surface area (Å²) in [6.07, 6.45) is 0. The molecule has 0 saturated carbocycles. The Morgan fingerprint density at radius 3 is 1.73 bits per heavy atom. The van der Waals surface area contributed by atoms with Crippen LogP contribution < -0.4 is 9.88 Å². The minimum atomic E-state index is -6.00. The molecule has 0 bridgehead atoms. The van der Waals surface area contributed by atoms with Crippen molar-refractivity contribution >= 4 is 30.8 Å². The quantitative estimate of drug-likeness (QED) is 0.0447. The molecule has 0 fully saturated rings. The average molecular weight is 787 g/mol. The van der Waals surface area contributed by atoms with Gasteiger partial charge >= 0.3 is 19.2 Å². The predicted molar refractivity (Wildman–Crippen MR) is 210 cm³/mol. The van der Waals surface area contributed by atoms with Crippen LogP contribution in [-0.2, 0) is 30.3 Å². The number of allylic oxidation sites excluding steroid dienone is 1. The van der Waals surface area contributed by atoms with Crippen LogP contribution in [0.4, 0.5) is 17.3 Å². The lowest BCUT2D eigenvalue weighted by atomic mass is 9.80. The number of hydrogen-bond donors (Lipinski definition) is 1. The van der Waals surface area contributed by atoms with E-state index < -0.39 is 25.1 Å². The standard InChI is InChI=1S/C43H39ClN2O5.BF4/c1-4-51-43(48)41-36(45-29(2)39(42(47)49-3)40(41)34-22-14-15-23-35(34)44)28-50-25-24-46-37(31-18-10-6-11-19-31)26-33(30-16-8-5-9-17-30)27-38(46)32-20-12-7-13-21-32;2-1(3,4)5/h5-23,26-27,40H,4,24-25,28H2,1-3H3;/q;-1/p+1. The van der Waals surface area contributed by atoms with E-state index in [9.17, 15) is 26.9 Å². The van der Waals surface area contributed by atoms with E-state index in [4.69, 9.17) is 25.8 Å². The first-order valence-electron chi connectivity index (χ1n) is 17.8. The average Bonchev–Trinajstić information content (AvgIpc) is 3.19. The maximum Gasteiger partial charge on any atom is 0.673 e. The number of benzene rings is 4. The van der Waals surface area contributed by atoms with E-state index in [0.29, 0.717) is 35.1 Å². The number of ether oxygens (including phenoxy) is 3. The van der Waals surface area contributed by atoms with Crippen molar-refractivity contribution in [2.45, 2.75) is 26.3 Å². The number of carbonyl (C=O) groups is 2. The van der Waals surface area contributed by atoms with Crippen molar-refractivity contribution < 1.29 is 45.6 Å². The summed E-state index contributed by atoms with van der Waals surface area (Å²) in [5.41, 5.74) is 8.65. The Bertz CT molecular complexity index is 2130. The Balaban J connectivity index is 0.00000113. The first kappa shape index (κ1) is 41.4. The maximum absolute atomic E-state index is 13.7. The molecule has 1 atom stereocenters. The van der Waals surface area contributed by atoms with Gasteiger partial charge in [0.1, 0.15) is 6.61 Å². The fraction of sp³-hybridized carbons (Fsp3) is 0.186. The van der Waals surface area contributed by atoms with Gasteiger partial charge in [0, 0.05) is 34.0 Å². The number of nitrogens with one attached hydrogen (secondary N) is 1. The third-order valence-electron chi connectivity index (χ3n) is 8.88. The van der Waals surface area contributed by atoms with Crippen LogP contribution in [0.3, 0.4) is 0 Å². The highest BCUT2D eigenvalue weighted by molar-refractivity contribution is 6.50. The minimum Gasteiger partial charge on any atom is -0.466 e. The highest BCUT2D eigenvalue weighted by Crippen LogP contribution is 2.42. The zero-order valence-corrected chi connectivity index (χ0v) is 31.7. The van der Waals surface area contributed by atoms with Gasteiger partial charge in [0.25, 0.3) is 0 Å². The number of aromatic nitrogens is 1. The van der Waals surface area contributed by atoms with E-state index in [0.717, 1.165) is 33.6 Å². The van der Waals surface area contributed by atoms with Crippen molar-refractivity contribution in [2.75, 3.05) is 26.9 Å². The van der Waals surface area contributed by atoms with E-state index in [1.54, 1.807) is 32.0 Å². The van der Waals surface area contributed by atoms with Crippen LogP contribution in [-0.4, -0.2) is 46.1 Å². The lowest BCUT2D eigenvalue weighted by Crippen LogP contribution is -2.41. The zero-order valence-electron chi connectivity index (χ0n) is 31.0. The van der Waals surface area contributed by atoms with E-state index >= 15 is 0 Å². The van der Waals surface area contributed by atoms with Crippen LogP contribution in [0.1, 0.15) is 25.3 Å². The number of methoxy groups -OCH3 is 1. The van der Waals surface area contributed by atoms with Gasteiger partial charge in [-0.25, -0.2) is 9.59 Å². The number of rotatable bonds is 12.